The van der Waals surface area contributed by atoms with Crippen molar-refractivity contribution in [3.05, 3.63) is 100 Å². The number of carbonyl (C=O) groups is 1. The van der Waals surface area contributed by atoms with E-state index in [0.29, 0.717) is 22.8 Å². The Morgan fingerprint density at radius 1 is 1.03 bits per heavy atom. The summed E-state index contributed by atoms with van der Waals surface area (Å²) in [7, 11) is 0. The van der Waals surface area contributed by atoms with Crippen LogP contribution < -0.4 is 20.3 Å². The van der Waals surface area contributed by atoms with E-state index in [1.165, 1.54) is 28.7 Å². The molecule has 0 unspecified atom stereocenters. The molecule has 1 amide bonds. The molecule has 4 aromatic rings. The average Bonchev–Trinajstić information content (AvgIpc) is 2.79. The summed E-state index contributed by atoms with van der Waals surface area (Å²) in [5.74, 6) is -0.616. The number of amides is 1. The lowest BCUT2D eigenvalue weighted by Crippen LogP contribution is -2.21. The zero-order valence-corrected chi connectivity index (χ0v) is 17.2. The number of hydrogen-bond donors (Lipinski definition) is 1. The van der Waals surface area contributed by atoms with Crippen molar-refractivity contribution >= 4 is 17.2 Å². The van der Waals surface area contributed by atoms with Gasteiger partial charge < -0.3 is 14.8 Å². The van der Waals surface area contributed by atoms with Crippen molar-refractivity contribution in [2.45, 2.75) is 13.5 Å². The van der Waals surface area contributed by atoms with Gasteiger partial charge in [-0.2, -0.15) is 0 Å². The molecule has 0 aliphatic carbocycles. The Morgan fingerprint density at radius 2 is 1.78 bits per heavy atom. The van der Waals surface area contributed by atoms with Crippen LogP contribution in [-0.4, -0.2) is 21.9 Å². The van der Waals surface area contributed by atoms with Gasteiger partial charge in [0.1, 0.15) is 18.0 Å². The van der Waals surface area contributed by atoms with E-state index in [1.807, 2.05) is 13.0 Å². The highest BCUT2D eigenvalue weighted by Crippen LogP contribution is 2.25. The van der Waals surface area contributed by atoms with Crippen LogP contribution in [0.1, 0.15) is 11.3 Å². The number of fused-ring (bicyclic) bond motifs is 1. The normalized spacial score (nSPS) is 10.7. The predicted molar refractivity (Wildman–Crippen MR) is 117 cm³/mol. The van der Waals surface area contributed by atoms with E-state index in [4.69, 9.17) is 9.47 Å². The van der Waals surface area contributed by atoms with Crippen LogP contribution in [0.5, 0.6) is 11.5 Å². The Labute approximate surface area is 183 Å². The Kier molecular flexibility index (Phi) is 6.12. The zero-order valence-electron chi connectivity index (χ0n) is 17.2. The first kappa shape index (κ1) is 21.0. The van der Waals surface area contributed by atoms with Crippen molar-refractivity contribution in [1.29, 1.82) is 0 Å². The number of ether oxygens (including phenoxy) is 2. The van der Waals surface area contributed by atoms with Crippen molar-refractivity contribution in [3.63, 3.8) is 0 Å². The smallest absolute Gasteiger partial charge is 0.262 e. The number of rotatable bonds is 7. The van der Waals surface area contributed by atoms with Crippen molar-refractivity contribution in [1.82, 2.24) is 9.38 Å². The van der Waals surface area contributed by atoms with E-state index in [1.54, 1.807) is 42.6 Å². The first-order chi connectivity index (χ1) is 15.5. The van der Waals surface area contributed by atoms with Crippen LogP contribution in [0.4, 0.5) is 10.1 Å². The highest BCUT2D eigenvalue weighted by atomic mass is 19.1. The number of halogens is 1. The Hall–Kier alpha value is -4.20. The maximum absolute atomic E-state index is 13.6. The molecule has 162 valence electrons. The highest BCUT2D eigenvalue weighted by molar-refractivity contribution is 5.93. The van der Waals surface area contributed by atoms with Crippen LogP contribution in [0.3, 0.4) is 0 Å². The molecule has 0 atom stereocenters. The third kappa shape index (κ3) is 4.75. The fourth-order valence-electron chi connectivity index (χ4n) is 3.12. The second kappa shape index (κ2) is 9.30. The van der Waals surface area contributed by atoms with Gasteiger partial charge in [0.25, 0.3) is 11.5 Å². The van der Waals surface area contributed by atoms with E-state index in [2.05, 4.69) is 10.3 Å². The fourth-order valence-corrected chi connectivity index (χ4v) is 3.12. The molecule has 2 aromatic heterocycles. The monoisotopic (exact) mass is 433 g/mol. The van der Waals surface area contributed by atoms with Crippen LogP contribution in [0.25, 0.3) is 5.65 Å². The van der Waals surface area contributed by atoms with Gasteiger partial charge in [0.2, 0.25) is 0 Å². The predicted octanol–water partition coefficient (Wildman–Crippen LogP) is 3.74. The molecule has 2 aromatic carbocycles. The summed E-state index contributed by atoms with van der Waals surface area (Å²) < 4.78 is 26.2. The second-order valence-electron chi connectivity index (χ2n) is 7.02. The summed E-state index contributed by atoms with van der Waals surface area (Å²) in [5, 5.41) is 2.69. The molecule has 1 N–H and O–H groups in total. The van der Waals surface area contributed by atoms with Gasteiger partial charge in [-0.1, -0.05) is 30.3 Å². The zero-order chi connectivity index (χ0) is 22.5. The molecule has 0 radical (unpaired) electrons. The van der Waals surface area contributed by atoms with Gasteiger partial charge in [0.15, 0.2) is 18.2 Å². The van der Waals surface area contributed by atoms with Crippen LogP contribution in [0, 0.1) is 12.7 Å². The summed E-state index contributed by atoms with van der Waals surface area (Å²) >= 11 is 0. The number of pyridine rings is 1. The molecule has 0 aliphatic rings. The van der Waals surface area contributed by atoms with Crippen molar-refractivity contribution in [2.75, 3.05) is 11.9 Å². The van der Waals surface area contributed by atoms with Gasteiger partial charge in [-0.25, -0.2) is 9.37 Å². The minimum atomic E-state index is -0.543. The second-order valence-corrected chi connectivity index (χ2v) is 7.02. The Bertz CT molecular complexity index is 1340. The molecule has 0 fully saturated rings. The minimum absolute atomic E-state index is 0.00357. The van der Waals surface area contributed by atoms with Gasteiger partial charge in [-0.3, -0.25) is 14.0 Å². The quantitative estimate of drug-likeness (QED) is 0.480. The Morgan fingerprint density at radius 3 is 2.59 bits per heavy atom. The molecule has 0 spiro atoms. The molecular formula is C24H20FN3O4. The molecule has 0 bridgehead atoms. The summed E-state index contributed by atoms with van der Waals surface area (Å²) in [6.07, 6.45) is 1.66. The first-order valence-corrected chi connectivity index (χ1v) is 9.88. The molecule has 0 saturated heterocycles. The molecular weight excluding hydrogens is 413 g/mol. The maximum atomic E-state index is 13.6. The lowest BCUT2D eigenvalue weighted by molar-refractivity contribution is -0.118. The summed E-state index contributed by atoms with van der Waals surface area (Å²) in [6, 6.07) is 17.8. The van der Waals surface area contributed by atoms with E-state index in [0.717, 1.165) is 5.56 Å². The number of carbonyl (C=O) groups excluding carboxylic acids is 1. The van der Waals surface area contributed by atoms with Gasteiger partial charge in [0.05, 0.1) is 11.4 Å². The summed E-state index contributed by atoms with van der Waals surface area (Å²) in [6.45, 7) is 1.55. The number of anilines is 1. The number of para-hydroxylation sites is 3. The van der Waals surface area contributed by atoms with Gasteiger partial charge in [-0.15, -0.1) is 0 Å². The minimum Gasteiger partial charge on any atom is -0.485 e. The van der Waals surface area contributed by atoms with Crippen molar-refractivity contribution in [2.24, 2.45) is 0 Å². The molecule has 0 saturated carbocycles. The molecule has 8 heteroatoms. The summed E-state index contributed by atoms with van der Waals surface area (Å²) in [4.78, 5) is 29.1. The van der Waals surface area contributed by atoms with Crippen LogP contribution in [0.2, 0.25) is 0 Å². The van der Waals surface area contributed by atoms with Crippen LogP contribution in [-0.2, 0) is 11.4 Å². The SMILES string of the molecule is Cc1cccn2c(=O)cc(COc3ccccc3NC(=O)COc3ccccc3F)nc12. The van der Waals surface area contributed by atoms with Crippen LogP contribution in [0.15, 0.2) is 77.7 Å². The molecule has 32 heavy (non-hydrogen) atoms. The third-order valence-electron chi connectivity index (χ3n) is 4.67. The number of aromatic nitrogens is 2. The topological polar surface area (TPSA) is 81.9 Å². The average molecular weight is 433 g/mol. The number of aryl methyl sites for hydroxylation is 1. The van der Waals surface area contributed by atoms with E-state index in [-0.39, 0.29) is 24.5 Å². The largest absolute Gasteiger partial charge is 0.485 e. The fraction of sp³-hybridized carbons (Fsp3) is 0.125. The number of hydrogen-bond acceptors (Lipinski definition) is 5. The van der Waals surface area contributed by atoms with E-state index < -0.39 is 11.7 Å². The Balaban J connectivity index is 1.44. The van der Waals surface area contributed by atoms with Gasteiger partial charge in [0, 0.05) is 12.3 Å². The third-order valence-corrected chi connectivity index (χ3v) is 4.67. The molecule has 2 heterocycles. The number of nitrogens with zero attached hydrogens (tertiary/aromatic N) is 2. The van der Waals surface area contributed by atoms with Crippen molar-refractivity contribution in [3.8, 4) is 11.5 Å². The van der Waals surface area contributed by atoms with Crippen molar-refractivity contribution < 1.29 is 18.7 Å². The van der Waals surface area contributed by atoms with E-state index >= 15 is 0 Å². The maximum Gasteiger partial charge on any atom is 0.262 e. The van der Waals surface area contributed by atoms with Gasteiger partial charge in [-0.05, 0) is 42.8 Å². The molecule has 7 nitrogen and oxygen atoms in total. The lowest BCUT2D eigenvalue weighted by Gasteiger charge is -2.13. The molecule has 4 rings (SSSR count). The van der Waals surface area contributed by atoms with Gasteiger partial charge >= 0.3 is 0 Å². The molecule has 0 aliphatic heterocycles. The summed E-state index contributed by atoms with van der Waals surface area (Å²) in [5.41, 5.74) is 2.11. The first-order valence-electron chi connectivity index (χ1n) is 9.88. The highest BCUT2D eigenvalue weighted by Gasteiger charge is 2.11. The lowest BCUT2D eigenvalue weighted by atomic mass is 10.2. The number of nitrogens with one attached hydrogen (secondary N) is 1. The van der Waals surface area contributed by atoms with Crippen LogP contribution >= 0.6 is 0 Å². The standard InChI is InChI=1S/C24H20FN3O4/c1-16-7-6-12-28-23(30)13-17(26-24(16)28)14-31-21-11-5-3-9-19(21)27-22(29)15-32-20-10-4-2-8-18(20)25/h2-13H,14-15H2,1H3,(H,27,29). The number of benzene rings is 2. The van der Waals surface area contributed by atoms with E-state index in [9.17, 15) is 14.0 Å².